The van der Waals surface area contributed by atoms with Crippen LogP contribution in [0.5, 0.6) is 0 Å². The smallest absolute Gasteiger partial charge is 0.323 e. The Balaban J connectivity index is 2.45. The first kappa shape index (κ1) is 13.0. The molecule has 0 aromatic carbocycles. The van der Waals surface area contributed by atoms with Gasteiger partial charge in [-0.25, -0.2) is 0 Å². The minimum Gasteiger partial charge on any atom is -0.465 e. The first-order valence-electron chi connectivity index (χ1n) is 4.97. The van der Waals surface area contributed by atoms with Gasteiger partial charge in [0.25, 0.3) is 0 Å². The summed E-state index contributed by atoms with van der Waals surface area (Å²) in [6.45, 7) is 3.96. The second-order valence-corrected chi connectivity index (χ2v) is 4.25. The van der Waals surface area contributed by atoms with Crippen molar-refractivity contribution in [2.75, 3.05) is 12.4 Å². The Bertz CT molecular complexity index is 366. The maximum Gasteiger partial charge on any atom is 0.323 e. The maximum atomic E-state index is 11.3. The first-order chi connectivity index (χ1) is 7.56. The molecule has 1 heterocycles. The van der Waals surface area contributed by atoms with E-state index < -0.39 is 6.04 Å². The average molecular weight is 244 g/mol. The highest BCUT2D eigenvalue weighted by Gasteiger charge is 2.16. The van der Waals surface area contributed by atoms with Crippen molar-refractivity contribution in [3.05, 3.63) is 5.82 Å². The van der Waals surface area contributed by atoms with Crippen molar-refractivity contribution in [2.45, 2.75) is 25.0 Å². The van der Waals surface area contributed by atoms with E-state index in [1.165, 1.54) is 11.8 Å². The Hall–Kier alpha value is -1.08. The molecule has 0 amide bonds. The van der Waals surface area contributed by atoms with E-state index in [0.29, 0.717) is 12.4 Å². The van der Waals surface area contributed by atoms with E-state index >= 15 is 0 Å². The number of aryl methyl sites for hydroxylation is 1. The molecule has 0 aliphatic rings. The van der Waals surface area contributed by atoms with E-state index in [4.69, 9.17) is 10.5 Å². The number of esters is 1. The number of hydrogen-bond acceptors (Lipinski definition) is 6. The molecule has 0 saturated heterocycles. The third-order valence-electron chi connectivity index (χ3n) is 2.03. The predicted octanol–water partition coefficient (Wildman–Crippen LogP) is 0.106. The van der Waals surface area contributed by atoms with Crippen LogP contribution < -0.4 is 5.73 Å². The second-order valence-electron chi connectivity index (χ2n) is 3.26. The van der Waals surface area contributed by atoms with Crippen molar-refractivity contribution in [2.24, 2.45) is 12.8 Å². The Morgan fingerprint density at radius 2 is 2.31 bits per heavy atom. The molecule has 6 nitrogen and oxygen atoms in total. The van der Waals surface area contributed by atoms with Crippen molar-refractivity contribution < 1.29 is 9.53 Å². The molecule has 1 unspecified atom stereocenters. The molecule has 1 aromatic heterocycles. The Kier molecular flexibility index (Phi) is 4.75. The summed E-state index contributed by atoms with van der Waals surface area (Å²) in [5.74, 6) is 0.881. The highest BCUT2D eigenvalue weighted by Crippen LogP contribution is 2.15. The zero-order valence-corrected chi connectivity index (χ0v) is 10.5. The van der Waals surface area contributed by atoms with Crippen LogP contribution >= 0.6 is 11.8 Å². The molecule has 7 heteroatoms. The van der Waals surface area contributed by atoms with Crippen LogP contribution in [0, 0.1) is 6.92 Å². The van der Waals surface area contributed by atoms with E-state index in [1.807, 2.05) is 18.5 Å². The number of aromatic nitrogens is 3. The van der Waals surface area contributed by atoms with Crippen LogP contribution in [0.2, 0.25) is 0 Å². The fraction of sp³-hybridized carbons (Fsp3) is 0.667. The van der Waals surface area contributed by atoms with Gasteiger partial charge in [0.2, 0.25) is 0 Å². The summed E-state index contributed by atoms with van der Waals surface area (Å²) in [6.07, 6.45) is 0. The second kappa shape index (κ2) is 5.86. The molecule has 0 aliphatic heterocycles. The molecular weight excluding hydrogens is 228 g/mol. The molecule has 1 aromatic rings. The van der Waals surface area contributed by atoms with E-state index in [2.05, 4.69) is 10.2 Å². The third-order valence-corrected chi connectivity index (χ3v) is 3.17. The number of ether oxygens (including phenoxy) is 1. The van der Waals surface area contributed by atoms with E-state index in [9.17, 15) is 4.79 Å². The van der Waals surface area contributed by atoms with Gasteiger partial charge in [0, 0.05) is 12.8 Å². The van der Waals surface area contributed by atoms with Crippen molar-refractivity contribution in [1.29, 1.82) is 0 Å². The standard InChI is InChI=1S/C9H16N4O2S/c1-4-15-8(14)7(10)5-16-9-12-11-6(2)13(9)3/h7H,4-5,10H2,1-3H3. The molecule has 0 aliphatic carbocycles. The monoisotopic (exact) mass is 244 g/mol. The topological polar surface area (TPSA) is 83.0 Å². The van der Waals surface area contributed by atoms with Crippen molar-refractivity contribution in [3.63, 3.8) is 0 Å². The quantitative estimate of drug-likeness (QED) is 0.584. The van der Waals surface area contributed by atoms with E-state index in [0.717, 1.165) is 11.0 Å². The molecule has 0 fully saturated rings. The van der Waals surface area contributed by atoms with Gasteiger partial charge in [-0.2, -0.15) is 0 Å². The van der Waals surface area contributed by atoms with Crippen LogP contribution in [0.4, 0.5) is 0 Å². The molecule has 0 radical (unpaired) electrons. The molecular formula is C9H16N4O2S. The molecule has 0 spiro atoms. The van der Waals surface area contributed by atoms with Crippen molar-refractivity contribution >= 4 is 17.7 Å². The molecule has 2 N–H and O–H groups in total. The fourth-order valence-electron chi connectivity index (χ4n) is 0.995. The SMILES string of the molecule is CCOC(=O)C(N)CSc1nnc(C)n1C. The number of nitrogens with zero attached hydrogens (tertiary/aromatic N) is 3. The van der Waals surface area contributed by atoms with Crippen LogP contribution in [0.25, 0.3) is 0 Å². The number of hydrogen-bond donors (Lipinski definition) is 1. The predicted molar refractivity (Wildman–Crippen MR) is 61.1 cm³/mol. The summed E-state index contributed by atoms with van der Waals surface area (Å²) < 4.78 is 6.66. The zero-order valence-electron chi connectivity index (χ0n) is 9.64. The lowest BCUT2D eigenvalue weighted by atomic mass is 10.4. The van der Waals surface area contributed by atoms with Crippen LogP contribution in [0.1, 0.15) is 12.7 Å². The van der Waals surface area contributed by atoms with Gasteiger partial charge in [-0.3, -0.25) is 4.79 Å². The molecule has 0 bridgehead atoms. The average Bonchev–Trinajstić information content (AvgIpc) is 2.57. The van der Waals surface area contributed by atoms with Gasteiger partial charge in [-0.15, -0.1) is 10.2 Å². The van der Waals surface area contributed by atoms with Crippen LogP contribution in [0.15, 0.2) is 5.16 Å². The molecule has 1 rings (SSSR count). The summed E-state index contributed by atoms with van der Waals surface area (Å²) >= 11 is 1.39. The lowest BCUT2D eigenvalue weighted by Crippen LogP contribution is -2.34. The number of carbonyl (C=O) groups excluding carboxylic acids is 1. The first-order valence-corrected chi connectivity index (χ1v) is 5.95. The highest BCUT2D eigenvalue weighted by atomic mass is 32.2. The zero-order chi connectivity index (χ0) is 12.1. The number of nitrogens with two attached hydrogens (primary N) is 1. The summed E-state index contributed by atoms with van der Waals surface area (Å²) in [5.41, 5.74) is 5.66. The van der Waals surface area contributed by atoms with Gasteiger partial charge in [0.1, 0.15) is 11.9 Å². The van der Waals surface area contributed by atoms with Crippen LogP contribution in [-0.2, 0) is 16.6 Å². The van der Waals surface area contributed by atoms with E-state index in [-0.39, 0.29) is 5.97 Å². The van der Waals surface area contributed by atoms with Gasteiger partial charge < -0.3 is 15.0 Å². The lowest BCUT2D eigenvalue weighted by molar-refractivity contribution is -0.144. The van der Waals surface area contributed by atoms with Crippen molar-refractivity contribution in [3.8, 4) is 0 Å². The summed E-state index contributed by atoms with van der Waals surface area (Å²) in [4.78, 5) is 11.3. The summed E-state index contributed by atoms with van der Waals surface area (Å²) in [6, 6.07) is -0.623. The summed E-state index contributed by atoms with van der Waals surface area (Å²) in [5, 5.41) is 8.62. The lowest BCUT2D eigenvalue weighted by Gasteiger charge is -2.09. The van der Waals surface area contributed by atoms with Gasteiger partial charge in [0.05, 0.1) is 6.61 Å². The van der Waals surface area contributed by atoms with E-state index in [1.54, 1.807) is 6.92 Å². The summed E-state index contributed by atoms with van der Waals surface area (Å²) in [7, 11) is 1.87. The Morgan fingerprint density at radius 3 is 2.81 bits per heavy atom. The highest BCUT2D eigenvalue weighted by molar-refractivity contribution is 7.99. The molecule has 90 valence electrons. The third kappa shape index (κ3) is 3.21. The number of thioether (sulfide) groups is 1. The van der Waals surface area contributed by atoms with Gasteiger partial charge in [-0.1, -0.05) is 11.8 Å². The largest absolute Gasteiger partial charge is 0.465 e. The Labute approximate surface area is 98.6 Å². The van der Waals surface area contributed by atoms with Gasteiger partial charge in [0.15, 0.2) is 5.16 Å². The van der Waals surface area contributed by atoms with Gasteiger partial charge >= 0.3 is 5.97 Å². The normalized spacial score (nSPS) is 12.5. The molecule has 0 saturated carbocycles. The van der Waals surface area contributed by atoms with Crippen LogP contribution in [-0.4, -0.2) is 39.1 Å². The minimum atomic E-state index is -0.623. The fourth-order valence-corrected chi connectivity index (χ4v) is 1.88. The Morgan fingerprint density at radius 1 is 1.62 bits per heavy atom. The van der Waals surface area contributed by atoms with Gasteiger partial charge in [-0.05, 0) is 13.8 Å². The maximum absolute atomic E-state index is 11.3. The number of rotatable bonds is 5. The van der Waals surface area contributed by atoms with Crippen molar-refractivity contribution in [1.82, 2.24) is 14.8 Å². The van der Waals surface area contributed by atoms with Crippen LogP contribution in [0.3, 0.4) is 0 Å². The molecule has 16 heavy (non-hydrogen) atoms. The molecule has 1 atom stereocenters. The minimum absolute atomic E-state index is 0.347. The number of carbonyl (C=O) groups is 1.